The summed E-state index contributed by atoms with van der Waals surface area (Å²) in [6.07, 6.45) is 3.32. The van der Waals surface area contributed by atoms with E-state index in [0.29, 0.717) is 12.2 Å². The van der Waals surface area contributed by atoms with E-state index in [1.165, 1.54) is 12.3 Å². The number of carboxylic acid groups (broad SMARTS) is 1. The van der Waals surface area contributed by atoms with Crippen molar-refractivity contribution in [2.75, 3.05) is 0 Å². The average molecular weight is 377 g/mol. The van der Waals surface area contributed by atoms with E-state index in [9.17, 15) is 14.7 Å². The second kappa shape index (κ2) is 6.19. The highest BCUT2D eigenvalue weighted by atomic mass is 16.4. The minimum atomic E-state index is -1.20. The minimum absolute atomic E-state index is 0.0287. The molecular formula is C22H23N3O3. The van der Waals surface area contributed by atoms with Crippen molar-refractivity contribution in [2.45, 2.75) is 40.3 Å². The van der Waals surface area contributed by atoms with E-state index in [0.717, 1.165) is 22.4 Å². The molecule has 0 saturated carbocycles. The van der Waals surface area contributed by atoms with Crippen molar-refractivity contribution in [3.05, 3.63) is 64.1 Å². The van der Waals surface area contributed by atoms with Gasteiger partial charge in [-0.1, -0.05) is 50.6 Å². The third-order valence-corrected chi connectivity index (χ3v) is 5.40. The molecule has 1 aliphatic heterocycles. The van der Waals surface area contributed by atoms with Gasteiger partial charge in [0.05, 0.1) is 30.2 Å². The highest BCUT2D eigenvalue weighted by molar-refractivity contribution is 5.88. The fourth-order valence-electron chi connectivity index (χ4n) is 3.92. The third-order valence-electron chi connectivity index (χ3n) is 5.40. The van der Waals surface area contributed by atoms with Crippen LogP contribution in [0.25, 0.3) is 22.5 Å². The first-order chi connectivity index (χ1) is 13.2. The molecule has 0 unspecified atom stereocenters. The van der Waals surface area contributed by atoms with Crippen LogP contribution in [-0.2, 0) is 6.54 Å². The first-order valence-corrected chi connectivity index (χ1v) is 9.29. The molecule has 1 N–H and O–H groups in total. The van der Waals surface area contributed by atoms with Crippen LogP contribution in [0.1, 0.15) is 42.7 Å². The quantitative estimate of drug-likeness (QED) is 0.733. The zero-order chi connectivity index (χ0) is 20.2. The number of hydrogen-bond donors (Lipinski definition) is 1. The van der Waals surface area contributed by atoms with E-state index in [1.54, 1.807) is 0 Å². The molecule has 0 fully saturated rings. The molecule has 144 valence electrons. The number of fused-ring (bicyclic) bond motifs is 3. The molecule has 3 aromatic rings. The molecule has 28 heavy (non-hydrogen) atoms. The molecule has 0 aliphatic carbocycles. The lowest BCUT2D eigenvalue weighted by molar-refractivity contribution is 0.0693. The molecule has 3 heterocycles. The van der Waals surface area contributed by atoms with Crippen molar-refractivity contribution < 1.29 is 9.90 Å². The number of pyridine rings is 1. The second-order valence-corrected chi connectivity index (χ2v) is 8.49. The minimum Gasteiger partial charge on any atom is -0.477 e. The van der Waals surface area contributed by atoms with E-state index >= 15 is 0 Å². The summed E-state index contributed by atoms with van der Waals surface area (Å²) in [5.41, 5.74) is 3.81. The maximum atomic E-state index is 12.5. The Kier molecular flexibility index (Phi) is 4.03. The monoisotopic (exact) mass is 377 g/mol. The number of benzene rings is 1. The Balaban J connectivity index is 2.01. The van der Waals surface area contributed by atoms with E-state index in [1.807, 2.05) is 40.6 Å². The standard InChI is InChI=1S/C22H23N3O3/c1-13-6-5-7-14(8-13)15-10-23-25-12-19(22(2,3)4)24-11-16(21(27)28)18(26)9-17(24)20(15)25/h5-11,19H,12H2,1-4H3,(H,27,28)/t19-/m0/s1. The van der Waals surface area contributed by atoms with Crippen LogP contribution in [0.4, 0.5) is 0 Å². The van der Waals surface area contributed by atoms with Gasteiger partial charge in [-0.2, -0.15) is 5.10 Å². The van der Waals surface area contributed by atoms with Gasteiger partial charge in [0.25, 0.3) is 0 Å². The molecule has 2 aromatic heterocycles. The van der Waals surface area contributed by atoms with Crippen LogP contribution in [0.2, 0.25) is 0 Å². The maximum Gasteiger partial charge on any atom is 0.341 e. The zero-order valence-corrected chi connectivity index (χ0v) is 16.4. The van der Waals surface area contributed by atoms with Crippen LogP contribution < -0.4 is 5.43 Å². The molecular weight excluding hydrogens is 354 g/mol. The largest absolute Gasteiger partial charge is 0.477 e. The third kappa shape index (κ3) is 2.85. The molecule has 4 rings (SSSR count). The lowest BCUT2D eigenvalue weighted by Crippen LogP contribution is -2.35. The lowest BCUT2D eigenvalue weighted by Gasteiger charge is -2.38. The normalized spacial score (nSPS) is 15.8. The summed E-state index contributed by atoms with van der Waals surface area (Å²) >= 11 is 0. The first kappa shape index (κ1) is 18.2. The van der Waals surface area contributed by atoms with Gasteiger partial charge in [-0.25, -0.2) is 4.79 Å². The topological polar surface area (TPSA) is 77.1 Å². The van der Waals surface area contributed by atoms with Gasteiger partial charge in [0, 0.05) is 17.8 Å². The Morgan fingerprint density at radius 2 is 2.00 bits per heavy atom. The fraction of sp³-hybridized carbons (Fsp3) is 0.318. The molecule has 1 atom stereocenters. The van der Waals surface area contributed by atoms with Crippen LogP contribution in [0.5, 0.6) is 0 Å². The van der Waals surface area contributed by atoms with Gasteiger partial charge in [-0.15, -0.1) is 0 Å². The van der Waals surface area contributed by atoms with Crippen LogP contribution in [0.3, 0.4) is 0 Å². The Morgan fingerprint density at radius 1 is 1.25 bits per heavy atom. The van der Waals surface area contributed by atoms with Gasteiger partial charge in [-0.3, -0.25) is 9.48 Å². The molecule has 1 aromatic carbocycles. The fourth-order valence-corrected chi connectivity index (χ4v) is 3.92. The van der Waals surface area contributed by atoms with E-state index in [2.05, 4.69) is 31.9 Å². The van der Waals surface area contributed by atoms with Crippen molar-refractivity contribution in [3.63, 3.8) is 0 Å². The highest BCUT2D eigenvalue weighted by Gasteiger charge is 2.35. The summed E-state index contributed by atoms with van der Waals surface area (Å²) in [4.78, 5) is 24.1. The molecule has 0 radical (unpaired) electrons. The number of hydrogen-bond acceptors (Lipinski definition) is 3. The van der Waals surface area contributed by atoms with Crippen molar-refractivity contribution in [1.29, 1.82) is 0 Å². The Hall–Kier alpha value is -3.15. The van der Waals surface area contributed by atoms with Crippen LogP contribution >= 0.6 is 0 Å². The summed E-state index contributed by atoms with van der Waals surface area (Å²) in [5.74, 6) is -1.20. The van der Waals surface area contributed by atoms with Crippen molar-refractivity contribution in [1.82, 2.24) is 14.3 Å². The summed E-state index contributed by atoms with van der Waals surface area (Å²) in [6.45, 7) is 8.97. The molecule has 0 spiro atoms. The molecule has 0 saturated heterocycles. The molecule has 6 nitrogen and oxygen atoms in total. The second-order valence-electron chi connectivity index (χ2n) is 8.49. The van der Waals surface area contributed by atoms with Crippen LogP contribution in [0, 0.1) is 12.3 Å². The zero-order valence-electron chi connectivity index (χ0n) is 16.4. The lowest BCUT2D eigenvalue weighted by atomic mass is 9.84. The van der Waals surface area contributed by atoms with Crippen LogP contribution in [-0.4, -0.2) is 25.4 Å². The SMILES string of the molecule is Cc1cccc(-c2cnn3c2-c2cc(=O)c(C(=O)O)cn2[C@H](C(C)(C)C)C3)c1. The Bertz CT molecular complexity index is 1150. The van der Waals surface area contributed by atoms with Crippen molar-refractivity contribution in [3.8, 4) is 22.5 Å². The number of aryl methyl sites for hydroxylation is 1. The summed E-state index contributed by atoms with van der Waals surface area (Å²) in [5, 5.41) is 14.0. The smallest absolute Gasteiger partial charge is 0.341 e. The number of aromatic carboxylic acids is 1. The molecule has 0 amide bonds. The van der Waals surface area contributed by atoms with E-state index < -0.39 is 11.4 Å². The average Bonchev–Trinajstić information content (AvgIpc) is 3.03. The number of nitrogens with zero attached hydrogens (tertiary/aromatic N) is 3. The van der Waals surface area contributed by atoms with E-state index in [4.69, 9.17) is 0 Å². The summed E-state index contributed by atoms with van der Waals surface area (Å²) < 4.78 is 3.88. The Labute approximate surface area is 163 Å². The molecule has 0 bridgehead atoms. The molecule has 1 aliphatic rings. The van der Waals surface area contributed by atoms with Gasteiger partial charge < -0.3 is 9.67 Å². The molecule has 6 heteroatoms. The van der Waals surface area contributed by atoms with Gasteiger partial charge in [-0.05, 0) is 17.9 Å². The van der Waals surface area contributed by atoms with Crippen molar-refractivity contribution >= 4 is 5.97 Å². The van der Waals surface area contributed by atoms with Crippen LogP contribution in [0.15, 0.2) is 47.5 Å². The highest BCUT2D eigenvalue weighted by Crippen LogP contribution is 2.42. The Morgan fingerprint density at radius 3 is 2.64 bits per heavy atom. The van der Waals surface area contributed by atoms with Gasteiger partial charge in [0.2, 0.25) is 0 Å². The number of rotatable bonds is 2. The predicted octanol–water partition coefficient (Wildman–Crippen LogP) is 3.99. The number of carbonyl (C=O) groups is 1. The summed E-state index contributed by atoms with van der Waals surface area (Å²) in [7, 11) is 0. The summed E-state index contributed by atoms with van der Waals surface area (Å²) in [6, 6.07) is 9.55. The van der Waals surface area contributed by atoms with Gasteiger partial charge in [0.15, 0.2) is 5.43 Å². The predicted molar refractivity (Wildman–Crippen MR) is 108 cm³/mol. The number of carboxylic acids is 1. The number of aromatic nitrogens is 3. The first-order valence-electron chi connectivity index (χ1n) is 9.29. The van der Waals surface area contributed by atoms with Crippen molar-refractivity contribution in [2.24, 2.45) is 5.41 Å². The van der Waals surface area contributed by atoms with Gasteiger partial charge >= 0.3 is 5.97 Å². The maximum absolute atomic E-state index is 12.5. The van der Waals surface area contributed by atoms with E-state index in [-0.39, 0.29) is 17.0 Å². The van der Waals surface area contributed by atoms with Gasteiger partial charge in [0.1, 0.15) is 5.56 Å².